The normalized spacial score (nSPS) is 25.0. The second-order valence-electron chi connectivity index (χ2n) is 5.98. The molecule has 4 rings (SSSR count). The number of carbonyl (C=O) groups is 1. The van der Waals surface area contributed by atoms with Gasteiger partial charge in [0.2, 0.25) is 0 Å². The van der Waals surface area contributed by atoms with Crippen LogP contribution in [-0.2, 0) is 0 Å². The molecule has 1 unspecified atom stereocenters. The number of anilines is 1. The Bertz CT molecular complexity index is 637. The van der Waals surface area contributed by atoms with Gasteiger partial charge in [0.15, 0.2) is 0 Å². The number of nitrogens with one attached hydrogen (secondary N) is 3. The Morgan fingerprint density at radius 2 is 2.14 bits per heavy atom. The first-order valence-electron chi connectivity index (χ1n) is 7.63. The van der Waals surface area contributed by atoms with Crippen molar-refractivity contribution in [3.05, 3.63) is 29.3 Å². The van der Waals surface area contributed by atoms with Gasteiger partial charge in [0, 0.05) is 29.9 Å². The summed E-state index contributed by atoms with van der Waals surface area (Å²) in [5.41, 5.74) is 8.12. The maximum absolute atomic E-state index is 11.9. The molecular formula is C15H19N5O2. The predicted octanol–water partition coefficient (Wildman–Crippen LogP) is 0.214. The Labute approximate surface area is 128 Å². The van der Waals surface area contributed by atoms with Gasteiger partial charge in [0.25, 0.3) is 5.91 Å². The third-order valence-corrected chi connectivity index (χ3v) is 4.44. The Balaban J connectivity index is 1.55. The van der Waals surface area contributed by atoms with E-state index in [1.807, 2.05) is 18.2 Å². The molecule has 0 radical (unpaired) electrons. The molecule has 1 atom stereocenters. The van der Waals surface area contributed by atoms with E-state index in [1.54, 1.807) is 0 Å². The van der Waals surface area contributed by atoms with Gasteiger partial charge in [-0.3, -0.25) is 15.1 Å². The number of hydrazine groups is 1. The summed E-state index contributed by atoms with van der Waals surface area (Å²) in [7, 11) is 0. The van der Waals surface area contributed by atoms with Crippen LogP contribution in [0.15, 0.2) is 23.2 Å². The molecule has 0 aliphatic carbocycles. The van der Waals surface area contributed by atoms with Gasteiger partial charge >= 0.3 is 0 Å². The standard InChI is InChI=1S/C15H19N5O2/c21-9-4-6-20(7-5-9)8-12-16-11-3-1-2-10-13(11)14(17-12)18-19-15(10)22/h1-3,9,14,18,21H,4-8H2,(H,16,17)(H,19,22). The van der Waals surface area contributed by atoms with Crippen molar-refractivity contribution in [1.82, 2.24) is 15.8 Å². The quantitative estimate of drug-likeness (QED) is 0.627. The zero-order chi connectivity index (χ0) is 15.1. The summed E-state index contributed by atoms with van der Waals surface area (Å²) >= 11 is 0. The van der Waals surface area contributed by atoms with Gasteiger partial charge in [-0.05, 0) is 25.0 Å². The first-order valence-corrected chi connectivity index (χ1v) is 7.63. The van der Waals surface area contributed by atoms with Crippen LogP contribution in [0.1, 0.15) is 34.9 Å². The number of piperidine rings is 1. The average molecular weight is 301 g/mol. The number of aliphatic imine (C=N–C) groups is 1. The predicted molar refractivity (Wildman–Crippen MR) is 82.5 cm³/mol. The van der Waals surface area contributed by atoms with E-state index in [9.17, 15) is 9.90 Å². The fourth-order valence-corrected chi connectivity index (χ4v) is 3.25. The van der Waals surface area contributed by atoms with Gasteiger partial charge in [0.1, 0.15) is 12.0 Å². The van der Waals surface area contributed by atoms with Crippen LogP contribution in [0.3, 0.4) is 0 Å². The van der Waals surface area contributed by atoms with Gasteiger partial charge in [-0.1, -0.05) is 6.07 Å². The molecule has 7 heteroatoms. The van der Waals surface area contributed by atoms with E-state index < -0.39 is 0 Å². The van der Waals surface area contributed by atoms with E-state index in [0.717, 1.165) is 49.6 Å². The minimum atomic E-state index is -0.240. The second kappa shape index (κ2) is 5.35. The van der Waals surface area contributed by atoms with E-state index in [1.165, 1.54) is 0 Å². The van der Waals surface area contributed by atoms with Gasteiger partial charge < -0.3 is 10.4 Å². The number of benzene rings is 1. The highest BCUT2D eigenvalue weighted by molar-refractivity contribution is 6.04. The SMILES string of the molecule is O=C1NNC2N=C(CN3CCC(O)CC3)Nc3cccc1c32. The first-order chi connectivity index (χ1) is 10.7. The van der Waals surface area contributed by atoms with Crippen molar-refractivity contribution >= 4 is 17.4 Å². The number of rotatable bonds is 2. The van der Waals surface area contributed by atoms with E-state index in [4.69, 9.17) is 0 Å². The number of amidine groups is 1. The van der Waals surface area contributed by atoms with Crippen LogP contribution in [0.25, 0.3) is 0 Å². The third kappa shape index (κ3) is 2.37. The Hall–Kier alpha value is -1.96. The summed E-state index contributed by atoms with van der Waals surface area (Å²) in [6.07, 6.45) is 1.21. The van der Waals surface area contributed by atoms with Crippen LogP contribution in [0, 0.1) is 0 Å². The summed E-state index contributed by atoms with van der Waals surface area (Å²) in [6.45, 7) is 2.48. The molecule has 0 saturated carbocycles. The Morgan fingerprint density at radius 1 is 1.32 bits per heavy atom. The first kappa shape index (κ1) is 13.7. The summed E-state index contributed by atoms with van der Waals surface area (Å²) in [6, 6.07) is 5.67. The van der Waals surface area contributed by atoms with Crippen molar-refractivity contribution in [3.63, 3.8) is 0 Å². The van der Waals surface area contributed by atoms with Crippen LogP contribution < -0.4 is 16.2 Å². The molecule has 1 amide bonds. The van der Waals surface area contributed by atoms with E-state index in [-0.39, 0.29) is 18.2 Å². The number of aliphatic hydroxyl groups is 1. The molecule has 22 heavy (non-hydrogen) atoms. The number of likely N-dealkylation sites (tertiary alicyclic amines) is 1. The molecular weight excluding hydrogens is 282 g/mol. The van der Waals surface area contributed by atoms with E-state index in [2.05, 4.69) is 26.1 Å². The van der Waals surface area contributed by atoms with Gasteiger partial charge in [-0.15, -0.1) is 0 Å². The molecule has 0 bridgehead atoms. The van der Waals surface area contributed by atoms with Crippen LogP contribution >= 0.6 is 0 Å². The van der Waals surface area contributed by atoms with Crippen LogP contribution in [0.2, 0.25) is 0 Å². The second-order valence-corrected chi connectivity index (χ2v) is 5.98. The van der Waals surface area contributed by atoms with Crippen molar-refractivity contribution in [2.75, 3.05) is 25.0 Å². The van der Waals surface area contributed by atoms with Crippen molar-refractivity contribution in [3.8, 4) is 0 Å². The Morgan fingerprint density at radius 3 is 2.95 bits per heavy atom. The molecule has 7 nitrogen and oxygen atoms in total. The number of hydrogen-bond donors (Lipinski definition) is 4. The summed E-state index contributed by atoms with van der Waals surface area (Å²) < 4.78 is 0. The zero-order valence-electron chi connectivity index (χ0n) is 12.2. The minimum absolute atomic E-state index is 0.126. The number of hydrogen-bond acceptors (Lipinski definition) is 6. The van der Waals surface area contributed by atoms with E-state index >= 15 is 0 Å². The largest absolute Gasteiger partial charge is 0.393 e. The molecule has 1 fully saturated rings. The summed E-state index contributed by atoms with van der Waals surface area (Å²) in [5.74, 6) is 0.758. The van der Waals surface area contributed by atoms with Crippen molar-refractivity contribution < 1.29 is 9.90 Å². The molecule has 1 aromatic rings. The van der Waals surface area contributed by atoms with Crippen LogP contribution in [0.5, 0.6) is 0 Å². The highest BCUT2D eigenvalue weighted by Crippen LogP contribution is 2.33. The van der Waals surface area contributed by atoms with Gasteiger partial charge in [-0.25, -0.2) is 10.4 Å². The molecule has 0 aromatic heterocycles. The smallest absolute Gasteiger partial charge is 0.265 e. The summed E-state index contributed by atoms with van der Waals surface area (Å²) in [5, 5.41) is 12.9. The van der Waals surface area contributed by atoms with Gasteiger partial charge in [0.05, 0.1) is 12.6 Å². The fraction of sp³-hybridized carbons (Fsp3) is 0.467. The maximum Gasteiger partial charge on any atom is 0.265 e. The topological polar surface area (TPSA) is 89.0 Å². The average Bonchev–Trinajstić information content (AvgIpc) is 2.53. The molecule has 1 aromatic carbocycles. The number of aliphatic hydroxyl groups excluding tert-OH is 1. The molecule has 0 spiro atoms. The lowest BCUT2D eigenvalue weighted by molar-refractivity contribution is 0.0895. The molecule has 3 heterocycles. The Kier molecular flexibility index (Phi) is 3.33. The van der Waals surface area contributed by atoms with Crippen molar-refractivity contribution in [2.45, 2.75) is 25.1 Å². The number of amides is 1. The number of nitrogens with zero attached hydrogens (tertiary/aromatic N) is 2. The lowest BCUT2D eigenvalue weighted by atomic mass is 9.99. The van der Waals surface area contributed by atoms with E-state index in [0.29, 0.717) is 5.56 Å². The third-order valence-electron chi connectivity index (χ3n) is 4.44. The fourth-order valence-electron chi connectivity index (χ4n) is 3.25. The molecule has 1 saturated heterocycles. The van der Waals surface area contributed by atoms with Crippen molar-refractivity contribution in [2.24, 2.45) is 4.99 Å². The highest BCUT2D eigenvalue weighted by atomic mass is 16.3. The maximum atomic E-state index is 11.9. The lowest BCUT2D eigenvalue weighted by Crippen LogP contribution is -2.48. The summed E-state index contributed by atoms with van der Waals surface area (Å²) in [4.78, 5) is 18.8. The molecule has 3 aliphatic rings. The number of carbonyl (C=O) groups excluding carboxylic acids is 1. The highest BCUT2D eigenvalue weighted by Gasteiger charge is 2.31. The van der Waals surface area contributed by atoms with Crippen molar-refractivity contribution in [1.29, 1.82) is 0 Å². The minimum Gasteiger partial charge on any atom is -0.393 e. The molecule has 3 aliphatic heterocycles. The molecule has 116 valence electrons. The monoisotopic (exact) mass is 301 g/mol. The molecule has 4 N–H and O–H groups in total. The van der Waals surface area contributed by atoms with Crippen LogP contribution in [0.4, 0.5) is 5.69 Å². The lowest BCUT2D eigenvalue weighted by Gasteiger charge is -2.34. The van der Waals surface area contributed by atoms with Crippen LogP contribution in [-0.4, -0.2) is 47.5 Å². The zero-order valence-corrected chi connectivity index (χ0v) is 12.2. The van der Waals surface area contributed by atoms with Gasteiger partial charge in [-0.2, -0.15) is 0 Å².